The summed E-state index contributed by atoms with van der Waals surface area (Å²) in [4.78, 5) is 23.1. The Balaban J connectivity index is 2.08. The van der Waals surface area contributed by atoms with Crippen LogP contribution in [0.1, 0.15) is 47.3 Å². The second-order valence-corrected chi connectivity index (χ2v) is 9.25. The number of fused-ring (bicyclic) bond motifs is 3. The van der Waals surface area contributed by atoms with Gasteiger partial charge in [-0.15, -0.1) is 11.3 Å². The normalized spacial score (nSPS) is 13.2. The Morgan fingerprint density at radius 2 is 1.91 bits per heavy atom. The minimum absolute atomic E-state index is 0.302. The lowest BCUT2D eigenvalue weighted by Crippen LogP contribution is -2.25. The molecule has 3 aromatic rings. The molecule has 34 heavy (non-hydrogen) atoms. The van der Waals surface area contributed by atoms with Crippen LogP contribution < -0.4 is 14.8 Å². The molecule has 0 bridgehead atoms. The topological polar surface area (TPSA) is 72.9 Å². The van der Waals surface area contributed by atoms with Gasteiger partial charge in [-0.25, -0.2) is 9.78 Å². The van der Waals surface area contributed by atoms with Gasteiger partial charge < -0.3 is 19.5 Å². The average Bonchev–Trinajstić information content (AvgIpc) is 3.24. The highest BCUT2D eigenvalue weighted by atomic mass is 32.1. The van der Waals surface area contributed by atoms with Gasteiger partial charge in [-0.1, -0.05) is 19.9 Å². The zero-order chi connectivity index (χ0) is 24.2. The molecule has 1 N–H and O–H groups in total. The van der Waals surface area contributed by atoms with Gasteiger partial charge in [0.1, 0.15) is 4.83 Å². The molecule has 8 heteroatoms. The summed E-state index contributed by atoms with van der Waals surface area (Å²) >= 11 is 1.74. The number of pyridine rings is 1. The maximum absolute atomic E-state index is 13.5. The number of ether oxygens (including phenoxy) is 3. The first-order chi connectivity index (χ1) is 16.6. The molecule has 0 spiro atoms. The summed E-state index contributed by atoms with van der Waals surface area (Å²) in [6.07, 6.45) is 0.960. The first kappa shape index (κ1) is 24.4. The lowest BCUT2D eigenvalue weighted by molar-refractivity contribution is 0.0524. The zero-order valence-corrected chi connectivity index (χ0v) is 21.4. The predicted octanol–water partition coefficient (Wildman–Crippen LogP) is 4.64. The van der Waals surface area contributed by atoms with Gasteiger partial charge in [0.2, 0.25) is 0 Å². The third-order valence-corrected chi connectivity index (χ3v) is 7.53. The summed E-state index contributed by atoms with van der Waals surface area (Å²) < 4.78 is 16.7. The second kappa shape index (κ2) is 10.7. The third-order valence-electron chi connectivity index (χ3n) is 6.35. The Morgan fingerprint density at radius 1 is 1.15 bits per heavy atom. The van der Waals surface area contributed by atoms with E-state index in [9.17, 15) is 4.79 Å². The molecule has 0 radical (unpaired) electrons. The molecule has 3 heterocycles. The van der Waals surface area contributed by atoms with E-state index >= 15 is 0 Å². The predicted molar refractivity (Wildman–Crippen MR) is 136 cm³/mol. The fraction of sp³-hybridized carbons (Fsp3) is 0.462. The van der Waals surface area contributed by atoms with Gasteiger partial charge >= 0.3 is 5.97 Å². The van der Waals surface area contributed by atoms with Gasteiger partial charge in [0.05, 0.1) is 32.1 Å². The Bertz CT molecular complexity index is 1190. The monoisotopic (exact) mass is 483 g/mol. The maximum Gasteiger partial charge on any atom is 0.340 e. The molecule has 0 saturated carbocycles. The van der Waals surface area contributed by atoms with Crippen molar-refractivity contribution in [3.05, 3.63) is 39.9 Å². The van der Waals surface area contributed by atoms with E-state index in [1.54, 1.807) is 25.6 Å². The van der Waals surface area contributed by atoms with Crippen LogP contribution in [0.25, 0.3) is 21.3 Å². The summed E-state index contributed by atoms with van der Waals surface area (Å²) in [6, 6.07) is 5.81. The standard InChI is InChI=1S/C26H33N3O4S/c1-6-29(7-2)15-18-24(26(30)33-8-3)22(16-9-10-19(31-4)20(13-16)32-5)23-17-14-27-12-11-21(17)34-25(23)28-18/h9-10,13,27H,6-8,11-12,14-15H2,1-5H3. The van der Waals surface area contributed by atoms with Crippen molar-refractivity contribution in [3.63, 3.8) is 0 Å². The number of carbonyl (C=O) groups excluding carboxylic acids is 1. The van der Waals surface area contributed by atoms with Crippen LogP contribution in [0.5, 0.6) is 11.5 Å². The highest BCUT2D eigenvalue weighted by Gasteiger charge is 2.29. The van der Waals surface area contributed by atoms with E-state index in [0.29, 0.717) is 30.2 Å². The van der Waals surface area contributed by atoms with Crippen molar-refractivity contribution in [2.45, 2.75) is 40.3 Å². The minimum atomic E-state index is -0.340. The van der Waals surface area contributed by atoms with Gasteiger partial charge in [-0.05, 0) is 49.7 Å². The number of aromatic nitrogens is 1. The zero-order valence-electron chi connectivity index (χ0n) is 20.6. The van der Waals surface area contributed by atoms with Crippen molar-refractivity contribution in [1.29, 1.82) is 0 Å². The van der Waals surface area contributed by atoms with Crippen LogP contribution in [-0.4, -0.2) is 56.3 Å². The van der Waals surface area contributed by atoms with E-state index in [-0.39, 0.29) is 5.97 Å². The second-order valence-electron chi connectivity index (χ2n) is 8.17. The van der Waals surface area contributed by atoms with Crippen molar-refractivity contribution < 1.29 is 19.0 Å². The van der Waals surface area contributed by atoms with E-state index in [1.807, 2.05) is 25.1 Å². The highest BCUT2D eigenvalue weighted by molar-refractivity contribution is 7.19. The summed E-state index contributed by atoms with van der Waals surface area (Å²) in [6.45, 7) is 10.4. The quantitative estimate of drug-likeness (QED) is 0.444. The van der Waals surface area contributed by atoms with E-state index in [2.05, 4.69) is 24.1 Å². The molecule has 0 amide bonds. The third kappa shape index (κ3) is 4.50. The van der Waals surface area contributed by atoms with Gasteiger partial charge in [-0.2, -0.15) is 0 Å². The van der Waals surface area contributed by atoms with Gasteiger partial charge in [0.25, 0.3) is 0 Å². The van der Waals surface area contributed by atoms with Crippen molar-refractivity contribution in [2.75, 3.05) is 40.5 Å². The van der Waals surface area contributed by atoms with Crippen LogP contribution in [0.4, 0.5) is 0 Å². The fourth-order valence-electron chi connectivity index (χ4n) is 4.56. The van der Waals surface area contributed by atoms with Crippen LogP contribution >= 0.6 is 11.3 Å². The number of methoxy groups -OCH3 is 2. The molecule has 1 aromatic carbocycles. The molecular formula is C26H33N3O4S. The van der Waals surface area contributed by atoms with E-state index in [4.69, 9.17) is 19.2 Å². The first-order valence-corrected chi connectivity index (χ1v) is 12.7. The molecule has 0 atom stereocenters. The largest absolute Gasteiger partial charge is 0.493 e. The summed E-state index contributed by atoms with van der Waals surface area (Å²) in [5.41, 5.74) is 4.28. The summed E-state index contributed by atoms with van der Waals surface area (Å²) in [5, 5.41) is 4.52. The smallest absolute Gasteiger partial charge is 0.340 e. The molecule has 1 aliphatic rings. The Labute approximate surface area is 205 Å². The number of nitrogens with one attached hydrogen (secondary N) is 1. The van der Waals surface area contributed by atoms with Crippen molar-refractivity contribution in [3.8, 4) is 22.6 Å². The van der Waals surface area contributed by atoms with E-state index < -0.39 is 0 Å². The number of esters is 1. The first-order valence-electron chi connectivity index (χ1n) is 11.9. The lowest BCUT2D eigenvalue weighted by atomic mass is 9.92. The Hall–Kier alpha value is -2.68. The maximum atomic E-state index is 13.5. The van der Waals surface area contributed by atoms with Gasteiger partial charge in [0, 0.05) is 35.5 Å². The molecule has 1 aliphatic heterocycles. The minimum Gasteiger partial charge on any atom is -0.493 e. The van der Waals surface area contributed by atoms with E-state index in [1.165, 1.54) is 10.4 Å². The van der Waals surface area contributed by atoms with Crippen molar-refractivity contribution in [2.24, 2.45) is 0 Å². The number of thiophene rings is 1. The summed E-state index contributed by atoms with van der Waals surface area (Å²) in [7, 11) is 3.24. The van der Waals surface area contributed by atoms with E-state index in [0.717, 1.165) is 59.6 Å². The molecule has 0 aliphatic carbocycles. The Morgan fingerprint density at radius 3 is 2.59 bits per heavy atom. The number of carbonyl (C=O) groups is 1. The number of rotatable bonds is 9. The molecule has 2 aromatic heterocycles. The SMILES string of the molecule is CCOC(=O)c1c(CN(CC)CC)nc2sc3c(c2c1-c1ccc(OC)c(OC)c1)CNCC3. The van der Waals surface area contributed by atoms with Crippen LogP contribution in [0.2, 0.25) is 0 Å². The number of hydrogen-bond donors (Lipinski definition) is 1. The van der Waals surface area contributed by atoms with Crippen LogP contribution in [0.15, 0.2) is 18.2 Å². The molecule has 0 fully saturated rings. The van der Waals surface area contributed by atoms with Crippen LogP contribution in [-0.2, 0) is 24.2 Å². The number of hydrogen-bond acceptors (Lipinski definition) is 8. The highest BCUT2D eigenvalue weighted by Crippen LogP contribution is 2.44. The Kier molecular flexibility index (Phi) is 7.70. The number of nitrogens with zero attached hydrogens (tertiary/aromatic N) is 2. The fourth-order valence-corrected chi connectivity index (χ4v) is 5.78. The molecule has 182 valence electrons. The molecule has 0 unspecified atom stereocenters. The molecular weight excluding hydrogens is 450 g/mol. The molecule has 7 nitrogen and oxygen atoms in total. The average molecular weight is 484 g/mol. The van der Waals surface area contributed by atoms with Crippen LogP contribution in [0, 0.1) is 0 Å². The van der Waals surface area contributed by atoms with Crippen molar-refractivity contribution >= 4 is 27.5 Å². The number of benzene rings is 1. The van der Waals surface area contributed by atoms with Crippen LogP contribution in [0.3, 0.4) is 0 Å². The van der Waals surface area contributed by atoms with Gasteiger partial charge in [-0.3, -0.25) is 4.90 Å². The summed E-state index contributed by atoms with van der Waals surface area (Å²) in [5.74, 6) is 0.923. The molecule has 0 saturated heterocycles. The molecule has 4 rings (SSSR count). The van der Waals surface area contributed by atoms with Crippen molar-refractivity contribution in [1.82, 2.24) is 15.2 Å². The lowest BCUT2D eigenvalue weighted by Gasteiger charge is -2.22. The van der Waals surface area contributed by atoms with Gasteiger partial charge in [0.15, 0.2) is 11.5 Å².